The van der Waals surface area contributed by atoms with Gasteiger partial charge in [0.1, 0.15) is 0 Å². The summed E-state index contributed by atoms with van der Waals surface area (Å²) in [5, 5.41) is 8.60. The molecule has 7 heteroatoms. The van der Waals surface area contributed by atoms with Gasteiger partial charge in [-0.15, -0.1) is 11.6 Å². The number of hydrogen-bond acceptors (Lipinski definition) is 4. The number of alkyl halides is 1. The Labute approximate surface area is 101 Å². The molecule has 96 valence electrons. The predicted octanol–water partition coefficient (Wildman–Crippen LogP) is 0.0283. The SMILES string of the molecule is O=S(=O)(CCCl)N1CCC(OCCO)CC1. The molecular weight excluding hydrogens is 254 g/mol. The average molecular weight is 272 g/mol. The van der Waals surface area contributed by atoms with Crippen LogP contribution in [0, 0.1) is 0 Å². The first kappa shape index (κ1) is 14.2. The molecule has 0 radical (unpaired) electrons. The number of piperidine rings is 1. The molecule has 0 aliphatic carbocycles. The first-order valence-corrected chi connectivity index (χ1v) is 7.51. The fourth-order valence-electron chi connectivity index (χ4n) is 1.72. The third-order valence-corrected chi connectivity index (χ3v) is 4.86. The van der Waals surface area contributed by atoms with Crippen LogP contribution in [0.5, 0.6) is 0 Å². The quantitative estimate of drug-likeness (QED) is 0.692. The molecule has 0 unspecified atom stereocenters. The molecule has 1 saturated heterocycles. The lowest BCUT2D eigenvalue weighted by atomic mass is 10.1. The molecule has 0 spiro atoms. The van der Waals surface area contributed by atoms with Crippen LogP contribution >= 0.6 is 11.6 Å². The molecule has 1 fully saturated rings. The van der Waals surface area contributed by atoms with E-state index in [9.17, 15) is 8.42 Å². The summed E-state index contributed by atoms with van der Waals surface area (Å²) in [4.78, 5) is 0. The number of hydrogen-bond donors (Lipinski definition) is 1. The normalized spacial score (nSPS) is 20.1. The molecule has 0 aromatic heterocycles. The molecule has 0 saturated carbocycles. The van der Waals surface area contributed by atoms with Crippen molar-refractivity contribution in [3.05, 3.63) is 0 Å². The van der Waals surface area contributed by atoms with Crippen LogP contribution in [0.3, 0.4) is 0 Å². The van der Waals surface area contributed by atoms with E-state index in [-0.39, 0.29) is 24.3 Å². The van der Waals surface area contributed by atoms with Gasteiger partial charge < -0.3 is 9.84 Å². The highest BCUT2D eigenvalue weighted by molar-refractivity contribution is 7.89. The first-order chi connectivity index (χ1) is 7.60. The molecule has 0 aromatic carbocycles. The van der Waals surface area contributed by atoms with Gasteiger partial charge in [-0.2, -0.15) is 0 Å². The lowest BCUT2D eigenvalue weighted by molar-refractivity contribution is 0.00320. The minimum Gasteiger partial charge on any atom is -0.394 e. The zero-order valence-corrected chi connectivity index (χ0v) is 10.7. The maximum atomic E-state index is 11.7. The van der Waals surface area contributed by atoms with Crippen molar-refractivity contribution in [1.29, 1.82) is 0 Å². The van der Waals surface area contributed by atoms with Crippen molar-refractivity contribution in [3.8, 4) is 0 Å². The van der Waals surface area contributed by atoms with Gasteiger partial charge in [0, 0.05) is 19.0 Å². The summed E-state index contributed by atoms with van der Waals surface area (Å²) in [7, 11) is -3.18. The van der Waals surface area contributed by atoms with Crippen LogP contribution in [0.2, 0.25) is 0 Å². The summed E-state index contributed by atoms with van der Waals surface area (Å²) in [6.45, 7) is 1.29. The monoisotopic (exact) mass is 271 g/mol. The zero-order chi connectivity index (χ0) is 12.0. The predicted molar refractivity (Wildman–Crippen MR) is 62.1 cm³/mol. The fraction of sp³-hybridized carbons (Fsp3) is 1.00. The highest BCUT2D eigenvalue weighted by atomic mass is 35.5. The molecule has 0 bridgehead atoms. The van der Waals surface area contributed by atoms with E-state index in [0.717, 1.165) is 0 Å². The Kier molecular flexibility index (Phi) is 5.99. The summed E-state index contributed by atoms with van der Waals surface area (Å²) in [5.74, 6) is 0.125. The van der Waals surface area contributed by atoms with Gasteiger partial charge in [-0.3, -0.25) is 0 Å². The molecule has 1 heterocycles. The van der Waals surface area contributed by atoms with Crippen molar-refractivity contribution >= 4 is 21.6 Å². The molecule has 0 aromatic rings. The van der Waals surface area contributed by atoms with Crippen LogP contribution in [-0.2, 0) is 14.8 Å². The van der Waals surface area contributed by atoms with Crippen LogP contribution < -0.4 is 0 Å². The van der Waals surface area contributed by atoms with Gasteiger partial charge in [-0.25, -0.2) is 12.7 Å². The van der Waals surface area contributed by atoms with E-state index in [1.54, 1.807) is 0 Å². The number of aliphatic hydroxyl groups is 1. The van der Waals surface area contributed by atoms with Crippen LogP contribution in [0.4, 0.5) is 0 Å². The summed E-state index contributed by atoms with van der Waals surface area (Å²) < 4.78 is 30.2. The van der Waals surface area contributed by atoms with Crippen LogP contribution in [0.25, 0.3) is 0 Å². The maximum Gasteiger partial charge on any atom is 0.215 e. The molecular formula is C9H18ClNO4S. The molecule has 0 amide bonds. The van der Waals surface area contributed by atoms with Gasteiger partial charge in [-0.05, 0) is 12.8 Å². The molecule has 1 rings (SSSR count). The van der Waals surface area contributed by atoms with Gasteiger partial charge in [0.25, 0.3) is 0 Å². The van der Waals surface area contributed by atoms with Crippen LogP contribution in [0.15, 0.2) is 0 Å². The Morgan fingerprint density at radius 2 is 2.00 bits per heavy atom. The third-order valence-electron chi connectivity index (χ3n) is 2.57. The van der Waals surface area contributed by atoms with E-state index in [4.69, 9.17) is 21.4 Å². The van der Waals surface area contributed by atoms with Crippen molar-refractivity contribution in [2.45, 2.75) is 18.9 Å². The van der Waals surface area contributed by atoms with Crippen molar-refractivity contribution in [2.24, 2.45) is 0 Å². The molecule has 1 aliphatic rings. The molecule has 1 N–H and O–H groups in total. The molecule has 16 heavy (non-hydrogen) atoms. The number of rotatable bonds is 6. The van der Waals surface area contributed by atoms with Gasteiger partial charge in [-0.1, -0.05) is 0 Å². The Morgan fingerprint density at radius 1 is 1.38 bits per heavy atom. The fourth-order valence-corrected chi connectivity index (χ4v) is 3.53. The minimum absolute atomic E-state index is 0.00325. The first-order valence-electron chi connectivity index (χ1n) is 5.36. The average Bonchev–Trinajstić information content (AvgIpc) is 2.27. The van der Waals surface area contributed by atoms with Gasteiger partial charge in [0.05, 0.1) is 25.1 Å². The number of nitrogens with zero attached hydrogens (tertiary/aromatic N) is 1. The van der Waals surface area contributed by atoms with E-state index in [1.807, 2.05) is 0 Å². The van der Waals surface area contributed by atoms with Crippen LogP contribution in [-0.4, -0.2) is 61.9 Å². The van der Waals surface area contributed by atoms with Crippen LogP contribution in [0.1, 0.15) is 12.8 Å². The van der Waals surface area contributed by atoms with E-state index in [2.05, 4.69) is 0 Å². The standard InChI is InChI=1S/C9H18ClNO4S/c10-3-8-16(13,14)11-4-1-9(2-5-11)15-7-6-12/h9,12H,1-8H2. The number of aliphatic hydroxyl groups excluding tert-OH is 1. The number of ether oxygens (including phenoxy) is 1. The Bertz CT molecular complexity index is 288. The summed E-state index contributed by atoms with van der Waals surface area (Å²) >= 11 is 5.44. The van der Waals surface area contributed by atoms with Gasteiger partial charge >= 0.3 is 0 Å². The highest BCUT2D eigenvalue weighted by Crippen LogP contribution is 2.16. The number of sulfonamides is 1. The second kappa shape index (κ2) is 6.76. The van der Waals surface area contributed by atoms with E-state index in [1.165, 1.54) is 4.31 Å². The Balaban J connectivity index is 2.37. The summed E-state index contributed by atoms with van der Waals surface area (Å²) in [5.41, 5.74) is 0. The largest absolute Gasteiger partial charge is 0.394 e. The Hall–Kier alpha value is 0.120. The Morgan fingerprint density at radius 3 is 2.50 bits per heavy atom. The third kappa shape index (κ3) is 4.18. The minimum atomic E-state index is -3.18. The van der Waals surface area contributed by atoms with E-state index >= 15 is 0 Å². The van der Waals surface area contributed by atoms with E-state index in [0.29, 0.717) is 32.5 Å². The highest BCUT2D eigenvalue weighted by Gasteiger charge is 2.27. The van der Waals surface area contributed by atoms with Crippen molar-refractivity contribution in [3.63, 3.8) is 0 Å². The molecule has 5 nitrogen and oxygen atoms in total. The second-order valence-corrected chi connectivity index (χ2v) is 6.16. The lowest BCUT2D eigenvalue weighted by Crippen LogP contribution is -2.42. The molecule has 0 atom stereocenters. The zero-order valence-electron chi connectivity index (χ0n) is 9.14. The van der Waals surface area contributed by atoms with Crippen molar-refractivity contribution in [1.82, 2.24) is 4.31 Å². The number of halogens is 1. The topological polar surface area (TPSA) is 66.8 Å². The summed E-state index contributed by atoms with van der Waals surface area (Å²) in [6.07, 6.45) is 1.43. The van der Waals surface area contributed by atoms with E-state index < -0.39 is 10.0 Å². The van der Waals surface area contributed by atoms with Gasteiger partial charge in [0.15, 0.2) is 0 Å². The maximum absolute atomic E-state index is 11.7. The molecule has 1 aliphatic heterocycles. The smallest absolute Gasteiger partial charge is 0.215 e. The second-order valence-electron chi connectivity index (χ2n) is 3.70. The van der Waals surface area contributed by atoms with Gasteiger partial charge in [0.2, 0.25) is 10.0 Å². The van der Waals surface area contributed by atoms with Crippen molar-refractivity contribution in [2.75, 3.05) is 37.9 Å². The van der Waals surface area contributed by atoms with Crippen molar-refractivity contribution < 1.29 is 18.3 Å². The lowest BCUT2D eigenvalue weighted by Gasteiger charge is -2.30. The summed E-state index contributed by atoms with van der Waals surface area (Å²) in [6, 6.07) is 0.